The fraction of sp³-hybridized carbons (Fsp3) is 0.891. The smallest absolute Gasteiger partial charge is 0.234 e. The van der Waals surface area contributed by atoms with Crippen LogP contribution in [0.25, 0.3) is 0 Å². The number of aliphatic hydroxyl groups is 13. The van der Waals surface area contributed by atoms with Crippen molar-refractivity contribution in [2.24, 2.45) is 0 Å². The Bertz CT molecular complexity index is 2080. The topological polar surface area (TPSA) is 515 Å². The van der Waals surface area contributed by atoms with Crippen LogP contribution in [-0.2, 0) is 66.7 Å². The lowest BCUT2D eigenvalue weighted by Gasteiger charge is -2.46. The average Bonchev–Trinajstić information content (AvgIpc) is 1.47. The number of aliphatic hydroxyl groups excluding tert-OH is 13. The number of unbranched alkanes of at least 4 members (excludes halogenated alkanes) is 7. The maximum absolute atomic E-state index is 13.1. The zero-order chi connectivity index (χ0) is 65.6. The summed E-state index contributed by atoms with van der Waals surface area (Å²) in [6.45, 7) is 1.43. The van der Waals surface area contributed by atoms with Gasteiger partial charge in [0.1, 0.15) is 91.6 Å². The Kier molecular flexibility index (Phi) is 36.1. The second-order valence-corrected chi connectivity index (χ2v) is 22.4. The van der Waals surface area contributed by atoms with E-state index in [2.05, 4.69) is 31.9 Å². The maximum Gasteiger partial charge on any atom is 0.234 e. The highest BCUT2D eigenvalue weighted by Gasteiger charge is 2.52. The zero-order valence-electron chi connectivity index (χ0n) is 50.6. The summed E-state index contributed by atoms with van der Waals surface area (Å²) in [4.78, 5) is 77.4. The summed E-state index contributed by atoms with van der Waals surface area (Å²) in [7, 11) is 0. The molecular weight excluding hydrogens is 1190 g/mol. The molecular formula is C55H99N7O27. The van der Waals surface area contributed by atoms with E-state index in [1.54, 1.807) is 0 Å². The zero-order valence-corrected chi connectivity index (χ0v) is 50.6. The molecule has 0 aromatic heterocycles. The molecule has 0 bridgehead atoms. The molecule has 4 saturated heterocycles. The molecule has 0 radical (unpaired) electrons. The highest BCUT2D eigenvalue weighted by molar-refractivity contribution is 5.84. The molecule has 4 aliphatic heterocycles. The average molecular weight is 1290 g/mol. The Morgan fingerprint density at radius 3 is 1.21 bits per heavy atom. The summed E-state index contributed by atoms with van der Waals surface area (Å²) in [5, 5.41) is 150. The predicted octanol–water partition coefficient (Wildman–Crippen LogP) is -8.61. The number of hydrogen-bond acceptors (Lipinski definition) is 28. The van der Waals surface area contributed by atoms with Gasteiger partial charge in [-0.1, -0.05) is 25.7 Å². The first kappa shape index (κ1) is 77.4. The molecule has 4 rings (SSSR count). The van der Waals surface area contributed by atoms with Crippen molar-refractivity contribution in [1.29, 1.82) is 0 Å². The number of carbonyl (C=O) groups is 6. The second kappa shape index (κ2) is 41.5. The lowest BCUT2D eigenvalue weighted by molar-refractivity contribution is -0.366. The molecule has 19 N–H and O–H groups in total. The highest BCUT2D eigenvalue weighted by Crippen LogP contribution is 2.31. The summed E-state index contributed by atoms with van der Waals surface area (Å²) in [6, 6.07) is 0. The molecule has 0 aromatic rings. The van der Waals surface area contributed by atoms with Crippen LogP contribution in [0.1, 0.15) is 97.3 Å². The molecule has 20 atom stereocenters. The number of rotatable bonds is 41. The number of carbonyl (C=O) groups excluding carboxylic acids is 6. The van der Waals surface area contributed by atoms with Crippen molar-refractivity contribution in [1.82, 2.24) is 36.8 Å². The molecule has 4 aliphatic rings. The van der Waals surface area contributed by atoms with Crippen molar-refractivity contribution in [2.45, 2.75) is 220 Å². The molecule has 6 amide bonds. The van der Waals surface area contributed by atoms with Gasteiger partial charge in [-0.2, -0.15) is 0 Å². The third-order valence-electron chi connectivity index (χ3n) is 15.2. The molecule has 4 heterocycles. The van der Waals surface area contributed by atoms with Gasteiger partial charge in [0.2, 0.25) is 35.4 Å². The molecule has 0 saturated carbocycles. The van der Waals surface area contributed by atoms with Gasteiger partial charge in [-0.15, -0.1) is 0 Å². The summed E-state index contributed by atoms with van der Waals surface area (Å²) >= 11 is 0. The number of amides is 6. The quantitative estimate of drug-likeness (QED) is 0.0253. The molecule has 4 fully saturated rings. The Morgan fingerprint density at radius 1 is 0.382 bits per heavy atom. The predicted molar refractivity (Wildman–Crippen MR) is 303 cm³/mol. The van der Waals surface area contributed by atoms with Gasteiger partial charge in [0, 0.05) is 58.5 Å². The minimum absolute atomic E-state index is 0.0111. The first-order valence-electron chi connectivity index (χ1n) is 30.7. The number of ether oxygens (including phenoxy) is 8. The molecule has 0 aliphatic carbocycles. The maximum atomic E-state index is 13.1. The molecule has 0 spiro atoms. The summed E-state index contributed by atoms with van der Waals surface area (Å²) < 4.78 is 44.3. The normalized spacial score (nSPS) is 32.2. The van der Waals surface area contributed by atoms with Crippen LogP contribution in [0.5, 0.6) is 0 Å². The molecule has 34 nitrogen and oxygen atoms in total. The summed E-state index contributed by atoms with van der Waals surface area (Å²) in [5.74, 6) is -1.91. The van der Waals surface area contributed by atoms with Gasteiger partial charge in [-0.25, -0.2) is 0 Å². The second-order valence-electron chi connectivity index (χ2n) is 22.4. The van der Waals surface area contributed by atoms with Crippen LogP contribution in [0.4, 0.5) is 0 Å². The van der Waals surface area contributed by atoms with Gasteiger partial charge in [0.05, 0.1) is 58.8 Å². The largest absolute Gasteiger partial charge is 0.394 e. The SMILES string of the molecule is CCNC(=O)CCCCCCNC(=O)CN(CC(=O)NCCCCCC(=O)NCCO[C@@H]1O[C@@H](C)[C@@H](O)[C@@H](O)[C@@H]1O)CC(=O)NCCCCCC(=O)NCCO[C@H]1O[C@H](CO[C@H]2O[C@H](CO)[C@@H](O)[C@H](O)[C@@H]2O)[C@@H](O)[C@H](O[C@H]2O[C@H](CO)[C@@H](O)[C@H](O)[C@@H]2O)[C@@H]1O. The van der Waals surface area contributed by atoms with Crippen molar-refractivity contribution in [3.63, 3.8) is 0 Å². The van der Waals surface area contributed by atoms with Crippen LogP contribution in [0.3, 0.4) is 0 Å². The minimum atomic E-state index is -1.94. The molecule has 0 unspecified atom stereocenters. The van der Waals surface area contributed by atoms with Gasteiger partial charge in [-0.05, 0) is 52.4 Å². The van der Waals surface area contributed by atoms with E-state index in [1.165, 1.54) is 11.8 Å². The lowest BCUT2D eigenvalue weighted by Crippen LogP contribution is -2.65. The van der Waals surface area contributed by atoms with E-state index in [9.17, 15) is 95.2 Å². The Labute approximate surface area is 516 Å². The van der Waals surface area contributed by atoms with Gasteiger partial charge < -0.3 is 136 Å². The van der Waals surface area contributed by atoms with Gasteiger partial charge >= 0.3 is 0 Å². The van der Waals surface area contributed by atoms with E-state index in [0.717, 1.165) is 12.8 Å². The van der Waals surface area contributed by atoms with Gasteiger partial charge in [0.15, 0.2) is 25.2 Å². The van der Waals surface area contributed by atoms with Crippen molar-refractivity contribution in [2.75, 3.05) is 91.9 Å². The summed E-state index contributed by atoms with van der Waals surface area (Å²) in [6.07, 6.45) is -25.2. The lowest BCUT2D eigenvalue weighted by atomic mass is 9.96. The van der Waals surface area contributed by atoms with E-state index in [0.29, 0.717) is 70.9 Å². The third kappa shape index (κ3) is 26.5. The first-order valence-corrected chi connectivity index (χ1v) is 30.7. The summed E-state index contributed by atoms with van der Waals surface area (Å²) in [5.41, 5.74) is 0. The van der Waals surface area contributed by atoms with Crippen LogP contribution in [0, 0.1) is 0 Å². The molecule has 0 aromatic carbocycles. The third-order valence-corrected chi connectivity index (χ3v) is 15.2. The van der Waals surface area contributed by atoms with Crippen LogP contribution < -0.4 is 31.9 Å². The molecule has 516 valence electrons. The molecule has 34 heteroatoms. The Morgan fingerprint density at radius 2 is 0.753 bits per heavy atom. The van der Waals surface area contributed by atoms with Crippen molar-refractivity contribution in [3.05, 3.63) is 0 Å². The van der Waals surface area contributed by atoms with Crippen molar-refractivity contribution >= 4 is 35.4 Å². The van der Waals surface area contributed by atoms with Crippen LogP contribution in [0.2, 0.25) is 0 Å². The highest BCUT2D eigenvalue weighted by atomic mass is 16.8. The number of nitrogens with zero attached hydrogens (tertiary/aromatic N) is 1. The van der Waals surface area contributed by atoms with Crippen LogP contribution >= 0.6 is 0 Å². The Hall–Kier alpha value is -4.06. The van der Waals surface area contributed by atoms with Gasteiger partial charge in [-0.3, -0.25) is 33.7 Å². The minimum Gasteiger partial charge on any atom is -0.394 e. The standard InChI is InChI=1S/C55H99N7O27/c1-3-56-34(65)14-8-4-5-11-17-57-37(68)24-62(25-38(69)58-18-12-6-9-15-35(66)60-20-22-82-52-47(78)44(75)40(71)30(2)85-52)26-39(70)59-19-13-7-10-16-36(67)61-21-23-83-54-50(81)51(89-55-49(80)46(77)42(73)32(28-64)87-55)43(74)33(88-54)29-84-53-48(79)45(76)41(72)31(27-63)86-53/h30-33,40-55,63-64,71-81H,3-29H2,1-2H3,(H,56,65)(H,57,68)(H,58,69)(H,59,70)(H,60,66)(H,61,67)/t30-,31+,32+,33+,40+,41+,42+,43+,44+,45-,46-,47-,48-,49-,50-,51-,52+,53-,54-,55+/m0/s1. The van der Waals surface area contributed by atoms with E-state index in [-0.39, 0.29) is 89.6 Å². The van der Waals surface area contributed by atoms with E-state index < -0.39 is 160 Å². The fourth-order valence-corrected chi connectivity index (χ4v) is 9.98. The Balaban J connectivity index is 1.17. The number of nitrogens with one attached hydrogen (secondary N) is 6. The fourth-order valence-electron chi connectivity index (χ4n) is 9.98. The number of hydrogen-bond donors (Lipinski definition) is 19. The van der Waals surface area contributed by atoms with E-state index in [4.69, 9.17) is 37.9 Å². The molecule has 89 heavy (non-hydrogen) atoms. The van der Waals surface area contributed by atoms with Gasteiger partial charge in [0.25, 0.3) is 0 Å². The van der Waals surface area contributed by atoms with Crippen LogP contribution in [-0.4, -0.2) is 321 Å². The van der Waals surface area contributed by atoms with E-state index >= 15 is 0 Å². The van der Waals surface area contributed by atoms with Crippen LogP contribution in [0.15, 0.2) is 0 Å². The first-order chi connectivity index (χ1) is 42.5. The van der Waals surface area contributed by atoms with Crippen molar-refractivity contribution < 1.29 is 133 Å². The van der Waals surface area contributed by atoms with E-state index in [1.807, 2.05) is 6.92 Å². The van der Waals surface area contributed by atoms with Crippen molar-refractivity contribution in [3.8, 4) is 0 Å². The monoisotopic (exact) mass is 1290 g/mol.